The Hall–Kier alpha value is -3.26. The van der Waals surface area contributed by atoms with Crippen LogP contribution in [0.2, 0.25) is 0 Å². The van der Waals surface area contributed by atoms with E-state index in [1.54, 1.807) is 12.3 Å². The molecule has 0 saturated carbocycles. The summed E-state index contributed by atoms with van der Waals surface area (Å²) in [4.78, 5) is 29.3. The van der Waals surface area contributed by atoms with Gasteiger partial charge in [-0.25, -0.2) is 4.98 Å². The predicted octanol–water partition coefficient (Wildman–Crippen LogP) is 4.53. The van der Waals surface area contributed by atoms with Crippen LogP contribution >= 0.6 is 11.8 Å². The molecule has 0 aliphatic heterocycles. The summed E-state index contributed by atoms with van der Waals surface area (Å²) in [5, 5.41) is 6.49. The van der Waals surface area contributed by atoms with Gasteiger partial charge in [-0.3, -0.25) is 14.2 Å². The van der Waals surface area contributed by atoms with Gasteiger partial charge in [0.2, 0.25) is 5.91 Å². The Morgan fingerprint density at radius 3 is 2.78 bits per heavy atom. The van der Waals surface area contributed by atoms with Crippen molar-refractivity contribution in [3.05, 3.63) is 66.5 Å². The van der Waals surface area contributed by atoms with E-state index < -0.39 is 0 Å². The Balaban J connectivity index is 1.64. The number of para-hydroxylation sites is 2. The molecule has 0 aliphatic rings. The van der Waals surface area contributed by atoms with Gasteiger partial charge in [-0.1, -0.05) is 43.3 Å². The number of nitrogens with one attached hydrogen (secondary N) is 2. The van der Waals surface area contributed by atoms with Crippen LogP contribution in [0.15, 0.2) is 66.1 Å². The minimum atomic E-state index is -0.152. The lowest BCUT2D eigenvalue weighted by atomic mass is 10.2. The molecule has 0 saturated heterocycles. The SMILES string of the molecule is CCCCNC(=O)c1cccc(-n2ccnc2SCC(=O)Nc2ccccc2OCC)c1. The monoisotopic (exact) mass is 452 g/mol. The summed E-state index contributed by atoms with van der Waals surface area (Å²) in [7, 11) is 0. The third-order valence-corrected chi connectivity index (χ3v) is 5.57. The number of carbonyl (C=O) groups is 2. The smallest absolute Gasteiger partial charge is 0.251 e. The van der Waals surface area contributed by atoms with Crippen LogP contribution in [0.4, 0.5) is 5.69 Å². The first-order valence-corrected chi connectivity index (χ1v) is 11.7. The lowest BCUT2D eigenvalue weighted by Crippen LogP contribution is -2.24. The van der Waals surface area contributed by atoms with Crippen LogP contribution in [-0.4, -0.2) is 40.3 Å². The predicted molar refractivity (Wildman–Crippen MR) is 128 cm³/mol. The second kappa shape index (κ2) is 12.0. The molecule has 7 nitrogen and oxygen atoms in total. The molecule has 1 heterocycles. The molecule has 32 heavy (non-hydrogen) atoms. The average molecular weight is 453 g/mol. The molecule has 0 spiro atoms. The first kappa shape index (κ1) is 23.4. The topological polar surface area (TPSA) is 85.2 Å². The highest BCUT2D eigenvalue weighted by atomic mass is 32.2. The second-order valence-corrected chi connectivity index (χ2v) is 7.95. The minimum Gasteiger partial charge on any atom is -0.492 e. The van der Waals surface area contributed by atoms with Crippen LogP contribution in [0.1, 0.15) is 37.0 Å². The van der Waals surface area contributed by atoms with E-state index in [0.29, 0.717) is 35.3 Å². The Kier molecular flexibility index (Phi) is 8.74. The number of hydrogen-bond donors (Lipinski definition) is 2. The number of benzene rings is 2. The number of imidazole rings is 1. The maximum absolute atomic E-state index is 12.5. The molecule has 0 radical (unpaired) electrons. The Labute approximate surface area is 192 Å². The van der Waals surface area contributed by atoms with E-state index in [1.165, 1.54) is 11.8 Å². The van der Waals surface area contributed by atoms with E-state index in [-0.39, 0.29) is 17.6 Å². The summed E-state index contributed by atoms with van der Waals surface area (Å²) in [6.07, 6.45) is 5.48. The highest BCUT2D eigenvalue weighted by molar-refractivity contribution is 7.99. The molecular formula is C24H28N4O3S. The summed E-state index contributed by atoms with van der Waals surface area (Å²) in [6.45, 7) is 5.17. The highest BCUT2D eigenvalue weighted by Crippen LogP contribution is 2.25. The van der Waals surface area contributed by atoms with Crippen molar-refractivity contribution in [2.24, 2.45) is 0 Å². The van der Waals surface area contributed by atoms with Gasteiger partial charge in [0, 0.05) is 30.2 Å². The number of carbonyl (C=O) groups excluding carboxylic acids is 2. The van der Waals surface area contributed by atoms with Crippen LogP contribution in [-0.2, 0) is 4.79 Å². The highest BCUT2D eigenvalue weighted by Gasteiger charge is 2.13. The number of rotatable bonds is 11. The minimum absolute atomic E-state index is 0.0954. The number of amides is 2. The van der Waals surface area contributed by atoms with Crippen molar-refractivity contribution < 1.29 is 14.3 Å². The Morgan fingerprint density at radius 2 is 1.97 bits per heavy atom. The Morgan fingerprint density at radius 1 is 1.12 bits per heavy atom. The number of thioether (sulfide) groups is 1. The third-order valence-electron chi connectivity index (χ3n) is 4.60. The van der Waals surface area contributed by atoms with E-state index in [9.17, 15) is 9.59 Å². The van der Waals surface area contributed by atoms with Crippen molar-refractivity contribution in [2.45, 2.75) is 31.8 Å². The zero-order valence-corrected chi connectivity index (χ0v) is 19.2. The van der Waals surface area contributed by atoms with Crippen molar-refractivity contribution in [3.63, 3.8) is 0 Å². The molecule has 0 unspecified atom stereocenters. The third kappa shape index (κ3) is 6.37. The van der Waals surface area contributed by atoms with Crippen LogP contribution in [0, 0.1) is 0 Å². The molecule has 3 rings (SSSR count). The van der Waals surface area contributed by atoms with Crippen molar-refractivity contribution in [1.82, 2.24) is 14.9 Å². The molecule has 2 N–H and O–H groups in total. The lowest BCUT2D eigenvalue weighted by Gasteiger charge is -2.12. The molecule has 2 amide bonds. The first-order chi connectivity index (χ1) is 15.6. The van der Waals surface area contributed by atoms with E-state index in [4.69, 9.17) is 4.74 Å². The standard InChI is InChI=1S/C24H28N4O3S/c1-3-5-13-25-23(30)18-9-8-10-19(16-18)28-15-14-26-24(28)32-17-22(29)27-20-11-6-7-12-21(20)31-4-2/h6-12,14-16H,3-5,13,17H2,1-2H3,(H,25,30)(H,27,29). The largest absolute Gasteiger partial charge is 0.492 e. The van der Waals surface area contributed by atoms with Gasteiger partial charge in [-0.15, -0.1) is 0 Å². The fourth-order valence-corrected chi connectivity index (χ4v) is 3.81. The van der Waals surface area contributed by atoms with Gasteiger partial charge in [0.05, 0.1) is 18.0 Å². The maximum atomic E-state index is 12.5. The molecule has 168 valence electrons. The summed E-state index contributed by atoms with van der Waals surface area (Å²) in [5.41, 5.74) is 2.05. The van der Waals surface area contributed by atoms with Crippen LogP contribution < -0.4 is 15.4 Å². The van der Waals surface area contributed by atoms with Gasteiger partial charge in [0.15, 0.2) is 5.16 Å². The molecule has 0 fully saturated rings. The molecule has 0 bridgehead atoms. The van der Waals surface area contributed by atoms with Gasteiger partial charge in [0.1, 0.15) is 5.75 Å². The summed E-state index contributed by atoms with van der Waals surface area (Å²) >= 11 is 1.32. The van der Waals surface area contributed by atoms with E-state index in [1.807, 2.05) is 60.2 Å². The Bertz CT molecular complexity index is 1050. The van der Waals surface area contributed by atoms with Crippen molar-refractivity contribution in [2.75, 3.05) is 24.2 Å². The van der Waals surface area contributed by atoms with Gasteiger partial charge in [0.25, 0.3) is 5.91 Å². The fraction of sp³-hybridized carbons (Fsp3) is 0.292. The zero-order chi connectivity index (χ0) is 22.8. The van der Waals surface area contributed by atoms with Gasteiger partial charge < -0.3 is 15.4 Å². The average Bonchev–Trinajstić information content (AvgIpc) is 3.28. The van der Waals surface area contributed by atoms with Gasteiger partial charge >= 0.3 is 0 Å². The molecule has 3 aromatic rings. The van der Waals surface area contributed by atoms with Crippen molar-refractivity contribution >= 4 is 29.3 Å². The zero-order valence-electron chi connectivity index (χ0n) is 18.3. The van der Waals surface area contributed by atoms with Crippen LogP contribution in [0.5, 0.6) is 5.75 Å². The maximum Gasteiger partial charge on any atom is 0.251 e. The quantitative estimate of drug-likeness (QED) is 0.330. The number of nitrogens with zero attached hydrogens (tertiary/aromatic N) is 2. The summed E-state index contributed by atoms with van der Waals surface area (Å²) < 4.78 is 7.43. The first-order valence-electron chi connectivity index (χ1n) is 10.7. The van der Waals surface area contributed by atoms with Crippen molar-refractivity contribution in [3.8, 4) is 11.4 Å². The number of aromatic nitrogens is 2. The van der Waals surface area contributed by atoms with Crippen LogP contribution in [0.25, 0.3) is 5.69 Å². The summed E-state index contributed by atoms with van der Waals surface area (Å²) in [5.74, 6) is 0.584. The van der Waals surface area contributed by atoms with Crippen LogP contribution in [0.3, 0.4) is 0 Å². The number of ether oxygens (including phenoxy) is 1. The van der Waals surface area contributed by atoms with E-state index in [2.05, 4.69) is 22.5 Å². The summed E-state index contributed by atoms with van der Waals surface area (Å²) in [6, 6.07) is 14.7. The molecular weight excluding hydrogens is 424 g/mol. The van der Waals surface area contributed by atoms with E-state index in [0.717, 1.165) is 18.5 Å². The normalized spacial score (nSPS) is 10.6. The molecule has 1 aromatic heterocycles. The molecule has 8 heteroatoms. The van der Waals surface area contributed by atoms with Gasteiger partial charge in [-0.05, 0) is 43.7 Å². The van der Waals surface area contributed by atoms with E-state index >= 15 is 0 Å². The molecule has 0 atom stereocenters. The number of anilines is 1. The fourth-order valence-electron chi connectivity index (χ4n) is 3.04. The second-order valence-electron chi connectivity index (χ2n) is 7.01. The van der Waals surface area contributed by atoms with Gasteiger partial charge in [-0.2, -0.15) is 0 Å². The lowest BCUT2D eigenvalue weighted by molar-refractivity contribution is -0.113. The van der Waals surface area contributed by atoms with Crippen molar-refractivity contribution in [1.29, 1.82) is 0 Å². The number of unbranched alkanes of at least 4 members (excludes halogenated alkanes) is 1. The number of hydrogen-bond acceptors (Lipinski definition) is 5. The molecule has 2 aromatic carbocycles. The molecule has 0 aliphatic carbocycles.